The summed E-state index contributed by atoms with van der Waals surface area (Å²) in [5.41, 5.74) is 1.28. The van der Waals surface area contributed by atoms with E-state index in [1.54, 1.807) is 0 Å². The summed E-state index contributed by atoms with van der Waals surface area (Å²) >= 11 is 0. The van der Waals surface area contributed by atoms with Crippen molar-refractivity contribution in [2.45, 2.75) is 63.5 Å². The summed E-state index contributed by atoms with van der Waals surface area (Å²) in [6.45, 7) is 6.15. The van der Waals surface area contributed by atoms with Crippen LogP contribution >= 0.6 is 0 Å². The number of aromatic nitrogens is 1. The lowest BCUT2D eigenvalue weighted by atomic mass is 9.84. The van der Waals surface area contributed by atoms with Crippen LogP contribution in [0, 0.1) is 5.92 Å². The molecule has 8 heteroatoms. The molecule has 3 fully saturated rings. The highest BCUT2D eigenvalue weighted by molar-refractivity contribution is 5.64. The molecule has 8 nitrogen and oxygen atoms in total. The molecule has 2 saturated carbocycles. The van der Waals surface area contributed by atoms with Crippen LogP contribution in [0.3, 0.4) is 0 Å². The van der Waals surface area contributed by atoms with E-state index in [2.05, 4.69) is 20.1 Å². The maximum atomic E-state index is 10.7. The summed E-state index contributed by atoms with van der Waals surface area (Å²) in [7, 11) is 0. The lowest BCUT2D eigenvalue weighted by Gasteiger charge is -2.37. The Hall–Kier alpha value is -2.06. The predicted molar refractivity (Wildman–Crippen MR) is 119 cm³/mol. The summed E-state index contributed by atoms with van der Waals surface area (Å²) < 4.78 is 5.67. The smallest absolute Gasteiger partial charge is 0.404 e. The van der Waals surface area contributed by atoms with Gasteiger partial charge in [0.25, 0.3) is 0 Å². The third kappa shape index (κ3) is 6.46. The number of aliphatic hydroxyl groups is 1. The number of nitrogens with one attached hydrogen (secondary N) is 1. The molecule has 2 aliphatic heterocycles. The first-order valence-corrected chi connectivity index (χ1v) is 11.8. The zero-order valence-corrected chi connectivity index (χ0v) is 18.3. The number of rotatable bonds is 5. The largest absolute Gasteiger partial charge is 0.493 e. The molecule has 5 rings (SSSR count). The maximum Gasteiger partial charge on any atom is 0.404 e. The topological polar surface area (TPSA) is 98.2 Å². The van der Waals surface area contributed by atoms with Gasteiger partial charge in [-0.1, -0.05) is 0 Å². The van der Waals surface area contributed by atoms with E-state index in [1.165, 1.54) is 12.0 Å². The summed E-state index contributed by atoms with van der Waals surface area (Å²) in [5, 5.41) is 19.6. The Morgan fingerprint density at radius 2 is 1.84 bits per heavy atom. The third-order valence-corrected chi connectivity index (χ3v) is 6.85. The van der Waals surface area contributed by atoms with Crippen LogP contribution < -0.4 is 15.0 Å². The molecule has 1 saturated heterocycles. The minimum atomic E-state index is -0.888. The lowest BCUT2D eigenvalue weighted by Crippen LogP contribution is -2.47. The van der Waals surface area contributed by atoms with Crippen LogP contribution in [0.4, 0.5) is 10.6 Å². The number of carbonyl (C=O) groups is 1. The van der Waals surface area contributed by atoms with Crippen molar-refractivity contribution in [3.8, 4) is 5.75 Å². The molecule has 1 aromatic heterocycles. The number of nitrogens with zero attached hydrogens (tertiary/aromatic N) is 3. The average molecular weight is 433 g/mol. The minimum Gasteiger partial charge on any atom is -0.493 e. The molecule has 1 amide bonds. The Balaban J connectivity index is 0.000000520. The van der Waals surface area contributed by atoms with Gasteiger partial charge in [0.2, 0.25) is 0 Å². The van der Waals surface area contributed by atoms with Crippen LogP contribution in [0.2, 0.25) is 0 Å². The van der Waals surface area contributed by atoms with Crippen LogP contribution in [0.25, 0.3) is 0 Å². The SMILES string of the molecule is O=C(O)NC1CCC(CCN2CCN(c3nccc4c3CCO4)CC2)CC1.OC1CC1. The van der Waals surface area contributed by atoms with Crippen LogP contribution in [0.1, 0.15) is 50.5 Å². The number of hydrogen-bond donors (Lipinski definition) is 3. The summed E-state index contributed by atoms with van der Waals surface area (Å²) in [6, 6.07) is 2.13. The molecule has 0 unspecified atom stereocenters. The molecular weight excluding hydrogens is 396 g/mol. The summed E-state index contributed by atoms with van der Waals surface area (Å²) in [6.07, 6.45) is 9.60. The number of piperazine rings is 1. The number of amides is 1. The summed E-state index contributed by atoms with van der Waals surface area (Å²) in [5.74, 6) is 2.87. The maximum absolute atomic E-state index is 10.7. The third-order valence-electron chi connectivity index (χ3n) is 6.85. The number of fused-ring (bicyclic) bond motifs is 1. The standard InChI is InChI=1S/C20H30N4O3.C3H6O/c25-20(26)22-16-3-1-15(2-4-16)6-9-23-10-12-24(13-11-23)19-17-7-14-27-18(17)5-8-21-19;4-3-1-2-3/h5,8,15-16,22H,1-4,6-7,9-14H2,(H,25,26);3-4H,1-2H2. The Morgan fingerprint density at radius 3 is 2.48 bits per heavy atom. The molecule has 3 heterocycles. The second-order valence-electron chi connectivity index (χ2n) is 9.23. The molecule has 0 bridgehead atoms. The van der Waals surface area contributed by atoms with Gasteiger partial charge < -0.3 is 25.2 Å². The normalized spacial score (nSPS) is 25.8. The van der Waals surface area contributed by atoms with Gasteiger partial charge in [-0.25, -0.2) is 9.78 Å². The molecule has 31 heavy (non-hydrogen) atoms. The van der Waals surface area contributed by atoms with E-state index in [4.69, 9.17) is 14.9 Å². The quantitative estimate of drug-likeness (QED) is 0.658. The zero-order valence-electron chi connectivity index (χ0n) is 18.3. The molecule has 172 valence electrons. The number of anilines is 1. The first kappa shape index (κ1) is 22.1. The van der Waals surface area contributed by atoms with Gasteiger partial charge in [-0.3, -0.25) is 4.90 Å². The van der Waals surface area contributed by atoms with E-state index in [9.17, 15) is 4.79 Å². The molecule has 0 radical (unpaired) electrons. The first-order valence-electron chi connectivity index (χ1n) is 11.8. The summed E-state index contributed by atoms with van der Waals surface area (Å²) in [4.78, 5) is 20.3. The van der Waals surface area contributed by atoms with Crippen molar-refractivity contribution in [3.63, 3.8) is 0 Å². The fourth-order valence-electron chi connectivity index (χ4n) is 4.76. The van der Waals surface area contributed by atoms with E-state index in [0.29, 0.717) is 0 Å². The van der Waals surface area contributed by atoms with Gasteiger partial charge in [0.05, 0.1) is 12.7 Å². The lowest BCUT2D eigenvalue weighted by molar-refractivity contribution is 0.177. The van der Waals surface area contributed by atoms with Crippen molar-refractivity contribution in [1.29, 1.82) is 0 Å². The molecule has 2 aliphatic carbocycles. The van der Waals surface area contributed by atoms with Crippen molar-refractivity contribution in [1.82, 2.24) is 15.2 Å². The molecule has 3 N–H and O–H groups in total. The molecule has 0 aromatic carbocycles. The van der Waals surface area contributed by atoms with Gasteiger partial charge in [-0.2, -0.15) is 0 Å². The Kier molecular flexibility index (Phi) is 7.50. The minimum absolute atomic E-state index is 0.0833. The van der Waals surface area contributed by atoms with E-state index in [0.717, 1.165) is 102 Å². The fraction of sp³-hybridized carbons (Fsp3) is 0.739. The molecule has 4 aliphatic rings. The van der Waals surface area contributed by atoms with Gasteiger partial charge in [0, 0.05) is 50.4 Å². The molecule has 0 atom stereocenters. The van der Waals surface area contributed by atoms with E-state index >= 15 is 0 Å². The van der Waals surface area contributed by atoms with Gasteiger partial charge in [0.15, 0.2) is 0 Å². The van der Waals surface area contributed by atoms with Crippen molar-refractivity contribution < 1.29 is 19.7 Å². The van der Waals surface area contributed by atoms with E-state index in [-0.39, 0.29) is 12.1 Å². The fourth-order valence-corrected chi connectivity index (χ4v) is 4.76. The molecular formula is C23H36N4O4. The van der Waals surface area contributed by atoms with Gasteiger partial charge >= 0.3 is 6.09 Å². The van der Waals surface area contributed by atoms with Crippen LogP contribution in [0.5, 0.6) is 5.75 Å². The number of pyridine rings is 1. The Labute approximate surface area is 184 Å². The predicted octanol–water partition coefficient (Wildman–Crippen LogP) is 2.50. The second kappa shape index (κ2) is 10.5. The highest BCUT2D eigenvalue weighted by Gasteiger charge is 2.26. The highest BCUT2D eigenvalue weighted by atomic mass is 16.5. The number of aliphatic hydroxyl groups excluding tert-OH is 1. The number of carboxylic acid groups (broad SMARTS) is 1. The van der Waals surface area contributed by atoms with E-state index < -0.39 is 6.09 Å². The van der Waals surface area contributed by atoms with Crippen molar-refractivity contribution in [2.24, 2.45) is 5.92 Å². The highest BCUT2D eigenvalue weighted by Crippen LogP contribution is 2.32. The number of ether oxygens (including phenoxy) is 1. The van der Waals surface area contributed by atoms with Gasteiger partial charge in [0.1, 0.15) is 11.6 Å². The Morgan fingerprint density at radius 1 is 1.13 bits per heavy atom. The second-order valence-corrected chi connectivity index (χ2v) is 9.23. The number of hydrogen-bond acceptors (Lipinski definition) is 6. The first-order chi connectivity index (χ1) is 15.1. The van der Waals surface area contributed by atoms with Crippen molar-refractivity contribution in [3.05, 3.63) is 17.8 Å². The molecule has 1 aromatic rings. The molecule has 0 spiro atoms. The zero-order chi connectivity index (χ0) is 21.6. The van der Waals surface area contributed by atoms with E-state index in [1.807, 2.05) is 12.3 Å². The van der Waals surface area contributed by atoms with Crippen LogP contribution in [0.15, 0.2) is 12.3 Å². The van der Waals surface area contributed by atoms with Gasteiger partial charge in [-0.15, -0.1) is 0 Å². The van der Waals surface area contributed by atoms with Crippen molar-refractivity contribution in [2.75, 3.05) is 44.2 Å². The monoisotopic (exact) mass is 432 g/mol. The van der Waals surface area contributed by atoms with Crippen molar-refractivity contribution >= 4 is 11.9 Å². The van der Waals surface area contributed by atoms with Crippen LogP contribution in [-0.4, -0.2) is 77.7 Å². The van der Waals surface area contributed by atoms with Crippen LogP contribution in [-0.2, 0) is 6.42 Å². The Bertz CT molecular complexity index is 726. The average Bonchev–Trinajstić information content (AvgIpc) is 3.40. The van der Waals surface area contributed by atoms with Gasteiger partial charge in [-0.05, 0) is 63.5 Å².